The Morgan fingerprint density at radius 2 is 1.62 bits per heavy atom. The molecule has 1 nitrogen and oxygen atoms in total. The Morgan fingerprint density at radius 1 is 1.12 bits per heavy atom. The monoisotopic (exact) mass is 222 g/mol. The van der Waals surface area contributed by atoms with Crippen molar-refractivity contribution in [3.8, 4) is 0 Å². The summed E-state index contributed by atoms with van der Waals surface area (Å²) in [5.74, 6) is 1.04. The first-order valence-corrected chi connectivity index (χ1v) is 6.14. The fourth-order valence-corrected chi connectivity index (χ4v) is 2.51. The number of hydrogen-bond acceptors (Lipinski definition) is 1. The fourth-order valence-electron chi connectivity index (χ4n) is 2.51. The average Bonchev–Trinajstić information content (AvgIpc) is 2.04. The second-order valence-electron chi connectivity index (χ2n) is 7.12. The Kier molecular flexibility index (Phi) is 3.29. The van der Waals surface area contributed by atoms with Gasteiger partial charge in [0.1, 0.15) is 0 Å². The first-order chi connectivity index (χ1) is 7.03. The van der Waals surface area contributed by atoms with Gasteiger partial charge >= 0.3 is 0 Å². The highest BCUT2D eigenvalue weighted by molar-refractivity contribution is 5.36. The zero-order chi connectivity index (χ0) is 12.7. The Labute approximate surface area is 100 Å². The van der Waals surface area contributed by atoms with Gasteiger partial charge in [-0.1, -0.05) is 53.2 Å². The van der Waals surface area contributed by atoms with Crippen LogP contribution in [0.5, 0.6) is 0 Å². The molecule has 0 fully saturated rings. The van der Waals surface area contributed by atoms with Gasteiger partial charge in [0.15, 0.2) is 0 Å². The van der Waals surface area contributed by atoms with Crippen molar-refractivity contribution in [2.24, 2.45) is 16.7 Å². The van der Waals surface area contributed by atoms with E-state index in [4.69, 9.17) is 0 Å². The molecule has 1 unspecified atom stereocenters. The third-order valence-corrected chi connectivity index (χ3v) is 3.48. The molecular formula is C15H26O. The van der Waals surface area contributed by atoms with Crippen molar-refractivity contribution < 1.29 is 5.11 Å². The molecule has 0 aromatic rings. The maximum absolute atomic E-state index is 10.2. The van der Waals surface area contributed by atoms with Crippen molar-refractivity contribution in [2.45, 2.75) is 54.9 Å². The standard InChI is InChI=1S/C15H26O/c1-10-8-12(15(5,6)7)13(16)9-11(10)14(2,3)4/h8,11,16H,9H2,1-7H3. The average molecular weight is 222 g/mol. The van der Waals surface area contributed by atoms with Gasteiger partial charge in [-0.2, -0.15) is 0 Å². The molecule has 1 heteroatoms. The van der Waals surface area contributed by atoms with Crippen LogP contribution in [0.15, 0.2) is 23.0 Å². The van der Waals surface area contributed by atoms with Gasteiger partial charge in [-0.25, -0.2) is 0 Å². The van der Waals surface area contributed by atoms with Gasteiger partial charge in [0.05, 0.1) is 5.76 Å². The van der Waals surface area contributed by atoms with E-state index < -0.39 is 0 Å². The lowest BCUT2D eigenvalue weighted by atomic mass is 9.69. The van der Waals surface area contributed by atoms with Crippen LogP contribution in [0.1, 0.15) is 54.9 Å². The molecule has 1 aliphatic rings. The van der Waals surface area contributed by atoms with Crippen LogP contribution in [0.4, 0.5) is 0 Å². The summed E-state index contributed by atoms with van der Waals surface area (Å²) >= 11 is 0. The highest BCUT2D eigenvalue weighted by Crippen LogP contribution is 2.43. The lowest BCUT2D eigenvalue weighted by Crippen LogP contribution is -2.26. The van der Waals surface area contributed by atoms with Crippen LogP contribution in [0.25, 0.3) is 0 Å². The minimum Gasteiger partial charge on any atom is -0.512 e. The molecule has 0 heterocycles. The molecule has 1 N–H and O–H groups in total. The number of allylic oxidation sites excluding steroid dienone is 4. The van der Waals surface area contributed by atoms with Crippen LogP contribution in [0.3, 0.4) is 0 Å². The van der Waals surface area contributed by atoms with E-state index in [2.05, 4.69) is 54.5 Å². The second kappa shape index (κ2) is 3.94. The van der Waals surface area contributed by atoms with E-state index in [1.165, 1.54) is 5.57 Å². The van der Waals surface area contributed by atoms with Gasteiger partial charge in [0.2, 0.25) is 0 Å². The quantitative estimate of drug-likeness (QED) is 0.620. The molecule has 0 aromatic carbocycles. The van der Waals surface area contributed by atoms with E-state index in [1.807, 2.05) is 0 Å². The minimum absolute atomic E-state index is 0.0359. The summed E-state index contributed by atoms with van der Waals surface area (Å²) < 4.78 is 0. The predicted octanol–water partition coefficient (Wildman–Crippen LogP) is 4.86. The Balaban J connectivity index is 3.09. The molecule has 1 aliphatic carbocycles. The molecule has 0 aliphatic heterocycles. The van der Waals surface area contributed by atoms with E-state index in [9.17, 15) is 5.11 Å². The number of rotatable bonds is 0. The molecule has 0 saturated carbocycles. The highest BCUT2D eigenvalue weighted by atomic mass is 16.3. The van der Waals surface area contributed by atoms with Crippen LogP contribution < -0.4 is 0 Å². The Morgan fingerprint density at radius 3 is 2.00 bits per heavy atom. The summed E-state index contributed by atoms with van der Waals surface area (Å²) in [7, 11) is 0. The topological polar surface area (TPSA) is 20.2 Å². The van der Waals surface area contributed by atoms with Crippen LogP contribution in [-0.4, -0.2) is 5.11 Å². The van der Waals surface area contributed by atoms with Gasteiger partial charge in [-0.3, -0.25) is 0 Å². The Bertz CT molecular complexity index is 331. The van der Waals surface area contributed by atoms with Crippen molar-refractivity contribution >= 4 is 0 Å². The van der Waals surface area contributed by atoms with Crippen molar-refractivity contribution in [3.63, 3.8) is 0 Å². The summed E-state index contributed by atoms with van der Waals surface area (Å²) in [5, 5.41) is 10.2. The molecule has 0 spiro atoms. The third kappa shape index (κ3) is 2.69. The lowest BCUT2D eigenvalue weighted by molar-refractivity contribution is 0.232. The summed E-state index contributed by atoms with van der Waals surface area (Å²) in [6.07, 6.45) is 2.98. The van der Waals surface area contributed by atoms with Crippen LogP contribution in [0, 0.1) is 16.7 Å². The van der Waals surface area contributed by atoms with Gasteiger partial charge < -0.3 is 5.11 Å². The fraction of sp³-hybridized carbons (Fsp3) is 0.733. The van der Waals surface area contributed by atoms with Crippen LogP contribution >= 0.6 is 0 Å². The number of aliphatic hydroxyl groups excluding tert-OH is 1. The smallest absolute Gasteiger partial charge is 0.0965 e. The van der Waals surface area contributed by atoms with Gasteiger partial charge in [-0.15, -0.1) is 0 Å². The molecule has 0 amide bonds. The second-order valence-corrected chi connectivity index (χ2v) is 7.12. The van der Waals surface area contributed by atoms with Crippen LogP contribution in [0.2, 0.25) is 0 Å². The first kappa shape index (κ1) is 13.3. The molecule has 16 heavy (non-hydrogen) atoms. The lowest BCUT2D eigenvalue weighted by Gasteiger charge is -2.36. The zero-order valence-corrected chi connectivity index (χ0v) is 11.8. The van der Waals surface area contributed by atoms with Crippen LogP contribution in [-0.2, 0) is 0 Å². The molecule has 92 valence electrons. The predicted molar refractivity (Wildman–Crippen MR) is 70.4 cm³/mol. The Hall–Kier alpha value is -0.720. The van der Waals surface area contributed by atoms with E-state index >= 15 is 0 Å². The molecular weight excluding hydrogens is 196 g/mol. The maximum Gasteiger partial charge on any atom is 0.0965 e. The van der Waals surface area contributed by atoms with E-state index in [-0.39, 0.29) is 10.8 Å². The van der Waals surface area contributed by atoms with E-state index in [0.717, 1.165) is 12.0 Å². The number of aliphatic hydroxyl groups is 1. The molecule has 0 saturated heterocycles. The molecule has 0 radical (unpaired) electrons. The summed E-state index contributed by atoms with van der Waals surface area (Å²) in [5.41, 5.74) is 2.76. The van der Waals surface area contributed by atoms with Crippen molar-refractivity contribution in [1.29, 1.82) is 0 Å². The summed E-state index contributed by atoms with van der Waals surface area (Å²) in [6.45, 7) is 15.4. The van der Waals surface area contributed by atoms with E-state index in [0.29, 0.717) is 11.7 Å². The van der Waals surface area contributed by atoms with Crippen molar-refractivity contribution in [3.05, 3.63) is 23.0 Å². The maximum atomic E-state index is 10.2. The van der Waals surface area contributed by atoms with E-state index in [1.54, 1.807) is 0 Å². The van der Waals surface area contributed by atoms with Crippen molar-refractivity contribution in [2.75, 3.05) is 0 Å². The highest BCUT2D eigenvalue weighted by Gasteiger charge is 2.33. The van der Waals surface area contributed by atoms with Gasteiger partial charge in [-0.05, 0) is 29.2 Å². The normalized spacial score (nSPS) is 23.4. The molecule has 1 atom stereocenters. The summed E-state index contributed by atoms with van der Waals surface area (Å²) in [4.78, 5) is 0. The largest absolute Gasteiger partial charge is 0.512 e. The SMILES string of the molecule is CC1=CC(C(C)(C)C)=C(O)CC1C(C)(C)C. The number of hydrogen-bond donors (Lipinski definition) is 1. The zero-order valence-electron chi connectivity index (χ0n) is 11.8. The molecule has 0 aromatic heterocycles. The first-order valence-electron chi connectivity index (χ1n) is 6.14. The van der Waals surface area contributed by atoms with Gasteiger partial charge in [0, 0.05) is 6.42 Å². The third-order valence-electron chi connectivity index (χ3n) is 3.48. The summed E-state index contributed by atoms with van der Waals surface area (Å²) in [6, 6.07) is 0. The van der Waals surface area contributed by atoms with Crippen molar-refractivity contribution in [1.82, 2.24) is 0 Å². The molecule has 1 rings (SSSR count). The van der Waals surface area contributed by atoms with Gasteiger partial charge in [0.25, 0.3) is 0 Å². The molecule has 0 bridgehead atoms. The minimum atomic E-state index is 0.0359.